The number of aryl methyl sites for hydroxylation is 1. The van der Waals surface area contributed by atoms with Gasteiger partial charge in [-0.2, -0.15) is 19.6 Å². The van der Waals surface area contributed by atoms with E-state index in [0.29, 0.717) is 17.9 Å². The topological polar surface area (TPSA) is 78.7 Å². The number of benzene rings is 2. The minimum atomic E-state index is 0.00248. The molecule has 1 aliphatic carbocycles. The third-order valence-corrected chi connectivity index (χ3v) is 8.45. The van der Waals surface area contributed by atoms with Crippen molar-refractivity contribution < 1.29 is 4.79 Å². The van der Waals surface area contributed by atoms with E-state index in [1.165, 1.54) is 18.4 Å². The summed E-state index contributed by atoms with van der Waals surface area (Å²) in [6.07, 6.45) is 9.62. The van der Waals surface area contributed by atoms with Gasteiger partial charge in [0.05, 0.1) is 6.20 Å². The second-order valence-corrected chi connectivity index (χ2v) is 12.4. The minimum absolute atomic E-state index is 0.00248. The van der Waals surface area contributed by atoms with Crippen molar-refractivity contribution in [3.05, 3.63) is 71.4 Å². The maximum absolute atomic E-state index is 12.8. The van der Waals surface area contributed by atoms with Gasteiger partial charge < -0.3 is 15.0 Å². The molecule has 226 valence electrons. The molecular weight excluding hydrogens is 533 g/mol. The number of nitrogens with zero attached hydrogens (tertiary/aromatic N) is 6. The summed E-state index contributed by atoms with van der Waals surface area (Å²) in [4.78, 5) is 27.3. The summed E-state index contributed by atoms with van der Waals surface area (Å²) >= 11 is 0. The molecule has 1 saturated carbocycles. The Bertz CT molecular complexity index is 1530. The zero-order chi connectivity index (χ0) is 30.5. The van der Waals surface area contributed by atoms with Gasteiger partial charge in [0.25, 0.3) is 12.8 Å². The molecule has 0 bridgehead atoms. The number of carbonyl (C=O) groups is 1. The Hall–Kier alpha value is -3.88. The van der Waals surface area contributed by atoms with Crippen LogP contribution in [0.3, 0.4) is 0 Å². The molecule has 0 atom stereocenters. The van der Waals surface area contributed by atoms with E-state index in [2.05, 4.69) is 67.2 Å². The highest BCUT2D eigenvalue weighted by Crippen LogP contribution is 2.31. The number of aromatic nitrogens is 4. The number of hydrogen-bond donors (Lipinski definition) is 1. The fraction of sp³-hybridized carbons (Fsp3) is 0.471. The van der Waals surface area contributed by atoms with Crippen LogP contribution in [0.25, 0.3) is 16.8 Å². The van der Waals surface area contributed by atoms with Crippen molar-refractivity contribution in [1.82, 2.24) is 24.9 Å². The molecular formula is C34H46BN7O. The predicted molar refractivity (Wildman–Crippen MR) is 178 cm³/mol. The van der Waals surface area contributed by atoms with Crippen molar-refractivity contribution in [2.45, 2.75) is 78.5 Å². The van der Waals surface area contributed by atoms with Gasteiger partial charge in [0.2, 0.25) is 11.9 Å². The molecule has 1 amide bonds. The van der Waals surface area contributed by atoms with E-state index in [4.69, 9.17) is 15.1 Å². The number of rotatable bonds is 14. The van der Waals surface area contributed by atoms with E-state index in [0.717, 1.165) is 72.4 Å². The van der Waals surface area contributed by atoms with Crippen LogP contribution < -0.4 is 15.0 Å². The van der Waals surface area contributed by atoms with Gasteiger partial charge in [-0.15, -0.1) is 0 Å². The molecule has 0 radical (unpaired) electrons. The van der Waals surface area contributed by atoms with E-state index in [1.807, 2.05) is 48.8 Å². The van der Waals surface area contributed by atoms with E-state index in [9.17, 15) is 4.79 Å². The Kier molecular flexibility index (Phi) is 9.68. The molecule has 8 nitrogen and oxygen atoms in total. The molecule has 2 heterocycles. The Morgan fingerprint density at radius 2 is 1.79 bits per heavy atom. The lowest BCUT2D eigenvalue weighted by Gasteiger charge is -2.33. The molecule has 5 rings (SSSR count). The lowest BCUT2D eigenvalue weighted by molar-refractivity contribution is 0.0950. The lowest BCUT2D eigenvalue weighted by Crippen LogP contribution is -2.44. The Balaban J connectivity index is 1.58. The highest BCUT2D eigenvalue weighted by molar-refractivity contribution is 6.61. The maximum atomic E-state index is 12.8. The zero-order valence-electron chi connectivity index (χ0n) is 26.7. The predicted octanol–water partition coefficient (Wildman–Crippen LogP) is 6.48. The number of nitrogens with one attached hydrogen (secondary N) is 1. The summed E-state index contributed by atoms with van der Waals surface area (Å²) < 4.78 is 1.92. The molecule has 9 heteroatoms. The molecule has 1 aliphatic rings. The molecule has 0 unspecified atom stereocenters. The van der Waals surface area contributed by atoms with Crippen molar-refractivity contribution in [1.29, 1.82) is 0 Å². The average molecular weight is 580 g/mol. The first kappa shape index (κ1) is 30.6. The van der Waals surface area contributed by atoms with Crippen molar-refractivity contribution in [2.75, 3.05) is 30.4 Å². The number of amides is 1. The van der Waals surface area contributed by atoms with Crippen LogP contribution in [-0.4, -0.2) is 59.0 Å². The largest absolute Gasteiger partial charge is 0.384 e. The number of fused-ring (bicyclic) bond motifs is 1. The SMILES string of the molecule is CCCC(CCC)CN(B(C)Cc1ccccc1)c1nc(N(C)C)nc2c(-c3ccc(C(=O)NC4CC4)c(C)c3)cnn12. The molecule has 4 aromatic rings. The van der Waals surface area contributed by atoms with Crippen LogP contribution in [0.15, 0.2) is 54.7 Å². The Morgan fingerprint density at radius 1 is 1.07 bits per heavy atom. The van der Waals surface area contributed by atoms with Crippen LogP contribution in [0, 0.1) is 12.8 Å². The van der Waals surface area contributed by atoms with Gasteiger partial charge in [-0.25, -0.2) is 0 Å². The Morgan fingerprint density at radius 3 is 2.42 bits per heavy atom. The third kappa shape index (κ3) is 7.20. The fourth-order valence-electron chi connectivity index (χ4n) is 5.96. The van der Waals surface area contributed by atoms with Gasteiger partial charge in [-0.05, 0) is 62.0 Å². The molecule has 43 heavy (non-hydrogen) atoms. The second kappa shape index (κ2) is 13.6. The van der Waals surface area contributed by atoms with Crippen molar-refractivity contribution >= 4 is 30.3 Å². The van der Waals surface area contributed by atoms with Crippen LogP contribution in [-0.2, 0) is 6.32 Å². The molecule has 0 saturated heterocycles. The van der Waals surface area contributed by atoms with Gasteiger partial charge in [-0.1, -0.05) is 81.5 Å². The fourth-order valence-corrected chi connectivity index (χ4v) is 5.96. The lowest BCUT2D eigenvalue weighted by atomic mass is 9.57. The molecule has 0 aliphatic heterocycles. The van der Waals surface area contributed by atoms with Gasteiger partial charge >= 0.3 is 0 Å². The standard InChI is InChI=1S/C34H46BN7O/c1-7-12-26(13-8-2)23-41(35(4)21-25-14-10-9-11-15-25)34-39-33(40(5)6)38-31-30(22-36-42(31)34)27-16-19-29(24(3)20-27)32(43)37-28-17-18-28/h9-11,14-16,19-20,22,26,28H,7-8,12-13,17-18,21,23H2,1-6H3,(H,37,43). The van der Waals surface area contributed by atoms with E-state index in [-0.39, 0.29) is 12.8 Å². The first-order valence-electron chi connectivity index (χ1n) is 15.9. The van der Waals surface area contributed by atoms with E-state index in [1.54, 1.807) is 0 Å². The summed E-state index contributed by atoms with van der Waals surface area (Å²) in [5.74, 6) is 2.04. The quantitative estimate of drug-likeness (QED) is 0.172. The summed E-state index contributed by atoms with van der Waals surface area (Å²) in [6.45, 7) is 9.95. The van der Waals surface area contributed by atoms with Crippen LogP contribution in [0.2, 0.25) is 6.82 Å². The molecule has 2 aromatic carbocycles. The van der Waals surface area contributed by atoms with Crippen molar-refractivity contribution in [3.63, 3.8) is 0 Å². The van der Waals surface area contributed by atoms with Crippen molar-refractivity contribution in [3.8, 4) is 11.1 Å². The van der Waals surface area contributed by atoms with Gasteiger partial charge in [0, 0.05) is 37.8 Å². The maximum Gasteiger partial charge on any atom is 0.259 e. The Labute approximate surface area is 257 Å². The van der Waals surface area contributed by atoms with Crippen LogP contribution in [0.5, 0.6) is 0 Å². The highest BCUT2D eigenvalue weighted by atomic mass is 16.1. The molecule has 2 aromatic heterocycles. The van der Waals surface area contributed by atoms with Gasteiger partial charge in [0.15, 0.2) is 5.65 Å². The van der Waals surface area contributed by atoms with Gasteiger partial charge in [-0.3, -0.25) is 4.79 Å². The van der Waals surface area contributed by atoms with Gasteiger partial charge in [0.1, 0.15) is 0 Å². The van der Waals surface area contributed by atoms with Crippen LogP contribution in [0.4, 0.5) is 11.9 Å². The first-order chi connectivity index (χ1) is 20.8. The van der Waals surface area contributed by atoms with E-state index >= 15 is 0 Å². The first-order valence-corrected chi connectivity index (χ1v) is 15.9. The summed E-state index contributed by atoms with van der Waals surface area (Å²) in [7, 11) is 3.97. The van der Waals surface area contributed by atoms with Crippen molar-refractivity contribution in [2.24, 2.45) is 5.92 Å². The molecule has 1 N–H and O–H groups in total. The normalized spacial score (nSPS) is 13.0. The highest BCUT2D eigenvalue weighted by Gasteiger charge is 2.28. The number of carbonyl (C=O) groups excluding carboxylic acids is 1. The molecule has 0 spiro atoms. The zero-order valence-corrected chi connectivity index (χ0v) is 26.7. The summed E-state index contributed by atoms with van der Waals surface area (Å²) in [5.41, 5.74) is 5.65. The van der Waals surface area contributed by atoms with Crippen LogP contribution in [0.1, 0.15) is 73.9 Å². The third-order valence-electron chi connectivity index (χ3n) is 8.45. The average Bonchev–Trinajstić information content (AvgIpc) is 3.70. The molecule has 1 fully saturated rings. The second-order valence-electron chi connectivity index (χ2n) is 12.4. The summed E-state index contributed by atoms with van der Waals surface area (Å²) in [6, 6.07) is 17.0. The van der Waals surface area contributed by atoms with Crippen LogP contribution >= 0.6 is 0 Å². The smallest absolute Gasteiger partial charge is 0.259 e. The summed E-state index contributed by atoms with van der Waals surface area (Å²) in [5, 5.41) is 8.00. The monoisotopic (exact) mass is 579 g/mol. The minimum Gasteiger partial charge on any atom is -0.384 e. The van der Waals surface area contributed by atoms with E-state index < -0.39 is 0 Å². The number of anilines is 2. The number of hydrogen-bond acceptors (Lipinski definition) is 6.